The molecule has 2 nitrogen and oxygen atoms in total. The van der Waals surface area contributed by atoms with Gasteiger partial charge in [0.2, 0.25) is 0 Å². The van der Waals surface area contributed by atoms with E-state index in [4.69, 9.17) is 23.2 Å². The van der Waals surface area contributed by atoms with E-state index in [1.165, 1.54) is 0 Å². The summed E-state index contributed by atoms with van der Waals surface area (Å²) < 4.78 is 1.71. The summed E-state index contributed by atoms with van der Waals surface area (Å²) in [6, 6.07) is 13.2. The molecule has 2 aromatic carbocycles. The van der Waals surface area contributed by atoms with E-state index >= 15 is 0 Å². The van der Waals surface area contributed by atoms with Gasteiger partial charge in [0.15, 0.2) is 0 Å². The van der Waals surface area contributed by atoms with E-state index in [0.29, 0.717) is 15.6 Å². The van der Waals surface area contributed by atoms with Gasteiger partial charge in [-0.3, -0.25) is 9.36 Å². The number of para-hydroxylation sites is 1. The Morgan fingerprint density at radius 1 is 0.895 bits per heavy atom. The summed E-state index contributed by atoms with van der Waals surface area (Å²) in [5, 5.41) is 1.92. The van der Waals surface area contributed by atoms with E-state index in [1.54, 1.807) is 16.7 Å². The normalized spacial score (nSPS) is 12.8. The van der Waals surface area contributed by atoms with Gasteiger partial charge in [0.05, 0.1) is 26.8 Å². The van der Waals surface area contributed by atoms with Crippen LogP contribution in [0.3, 0.4) is 0 Å². The molecule has 0 atom stereocenters. The van der Waals surface area contributed by atoms with Crippen LogP contribution < -0.4 is 0 Å². The van der Waals surface area contributed by atoms with Gasteiger partial charge in [-0.1, -0.05) is 41.4 Å². The van der Waals surface area contributed by atoms with Crippen LogP contribution >= 0.6 is 23.2 Å². The third-order valence-corrected chi connectivity index (χ3v) is 4.20. The number of hydrogen-bond donors (Lipinski definition) is 0. The van der Waals surface area contributed by atoms with Crippen LogP contribution in [0.25, 0.3) is 22.2 Å². The highest BCUT2D eigenvalue weighted by atomic mass is 35.5. The minimum atomic E-state index is -0.0511. The zero-order valence-electron chi connectivity index (χ0n) is 9.65. The maximum atomic E-state index is 12.5. The van der Waals surface area contributed by atoms with Gasteiger partial charge < -0.3 is 0 Å². The van der Waals surface area contributed by atoms with Crippen molar-refractivity contribution in [1.29, 1.82) is 0 Å². The number of carbonyl (C=O) groups excluding carboxylic acids is 1. The molecular weight excluding hydrogens is 281 g/mol. The van der Waals surface area contributed by atoms with E-state index in [2.05, 4.69) is 0 Å². The van der Waals surface area contributed by atoms with E-state index in [9.17, 15) is 4.79 Å². The Morgan fingerprint density at radius 3 is 2.37 bits per heavy atom. The number of aromatic nitrogens is 1. The average molecular weight is 288 g/mol. The second-order valence-corrected chi connectivity index (χ2v) is 5.36. The van der Waals surface area contributed by atoms with Crippen LogP contribution in [0.2, 0.25) is 10.0 Å². The molecule has 0 saturated carbocycles. The molecule has 0 radical (unpaired) electrons. The first-order chi connectivity index (χ1) is 9.16. The summed E-state index contributed by atoms with van der Waals surface area (Å²) in [4.78, 5) is 12.5. The van der Waals surface area contributed by atoms with Gasteiger partial charge in [-0.15, -0.1) is 0 Å². The third kappa shape index (κ3) is 1.36. The second kappa shape index (κ2) is 3.62. The molecule has 3 aromatic rings. The lowest BCUT2D eigenvalue weighted by molar-refractivity contribution is 0.0973. The molecule has 92 valence electrons. The fourth-order valence-electron chi connectivity index (χ4n) is 2.63. The topological polar surface area (TPSA) is 22.0 Å². The zero-order valence-corrected chi connectivity index (χ0v) is 11.2. The van der Waals surface area contributed by atoms with Crippen molar-refractivity contribution in [2.24, 2.45) is 0 Å². The van der Waals surface area contributed by atoms with Gasteiger partial charge in [-0.05, 0) is 24.3 Å². The van der Waals surface area contributed by atoms with Gasteiger partial charge in [-0.25, -0.2) is 0 Å². The molecule has 1 aliphatic heterocycles. The Kier molecular flexibility index (Phi) is 2.12. The van der Waals surface area contributed by atoms with Crippen LogP contribution in [0.1, 0.15) is 10.4 Å². The molecule has 0 bridgehead atoms. The minimum Gasteiger partial charge on any atom is -0.276 e. The fraction of sp³-hybridized carbons (Fsp3) is 0. The highest BCUT2D eigenvalue weighted by Gasteiger charge is 2.29. The number of nitrogens with zero attached hydrogens (tertiary/aromatic N) is 1. The number of benzene rings is 2. The standard InChI is InChI=1S/C15H7Cl2NO/c16-11-6-9-10(7-12(11)17)15(19)18-13-4-2-1-3-8(13)5-14(9)18/h1-7H. The summed E-state index contributed by atoms with van der Waals surface area (Å²) in [7, 11) is 0. The van der Waals surface area contributed by atoms with Crippen molar-refractivity contribution in [3.63, 3.8) is 0 Å². The Bertz CT molecular complexity index is 864. The lowest BCUT2D eigenvalue weighted by atomic mass is 10.1. The van der Waals surface area contributed by atoms with E-state index < -0.39 is 0 Å². The highest BCUT2D eigenvalue weighted by molar-refractivity contribution is 6.42. The van der Waals surface area contributed by atoms with Crippen molar-refractivity contribution >= 4 is 40.0 Å². The molecule has 4 heteroatoms. The predicted molar refractivity (Wildman–Crippen MR) is 77.1 cm³/mol. The monoisotopic (exact) mass is 287 g/mol. The minimum absolute atomic E-state index is 0.0511. The van der Waals surface area contributed by atoms with Crippen LogP contribution in [-0.4, -0.2) is 10.5 Å². The molecule has 4 rings (SSSR count). The number of fused-ring (bicyclic) bond motifs is 5. The maximum Gasteiger partial charge on any atom is 0.263 e. The molecule has 0 N–H and O–H groups in total. The highest BCUT2D eigenvalue weighted by Crippen LogP contribution is 2.40. The number of hydrogen-bond acceptors (Lipinski definition) is 1. The Balaban J connectivity index is 2.14. The van der Waals surface area contributed by atoms with Crippen molar-refractivity contribution in [2.75, 3.05) is 0 Å². The molecule has 2 heterocycles. The van der Waals surface area contributed by atoms with Crippen LogP contribution in [0.15, 0.2) is 42.5 Å². The molecule has 1 aliphatic rings. The lowest BCUT2D eigenvalue weighted by Gasteiger charge is -2.00. The molecule has 0 unspecified atom stereocenters. The van der Waals surface area contributed by atoms with Crippen LogP contribution in [0.4, 0.5) is 0 Å². The molecule has 0 spiro atoms. The molecule has 0 aliphatic carbocycles. The maximum absolute atomic E-state index is 12.5. The first kappa shape index (κ1) is 11.1. The number of carbonyl (C=O) groups is 1. The first-order valence-electron chi connectivity index (χ1n) is 5.81. The summed E-state index contributed by atoms with van der Waals surface area (Å²) in [6.45, 7) is 0. The van der Waals surface area contributed by atoms with Crippen molar-refractivity contribution in [1.82, 2.24) is 4.57 Å². The van der Waals surface area contributed by atoms with Crippen LogP contribution in [-0.2, 0) is 0 Å². The van der Waals surface area contributed by atoms with Crippen molar-refractivity contribution in [2.45, 2.75) is 0 Å². The van der Waals surface area contributed by atoms with Crippen molar-refractivity contribution in [3.8, 4) is 11.3 Å². The van der Waals surface area contributed by atoms with Crippen LogP contribution in [0.5, 0.6) is 0 Å². The van der Waals surface area contributed by atoms with E-state index in [0.717, 1.165) is 22.2 Å². The van der Waals surface area contributed by atoms with Gasteiger partial charge in [0.25, 0.3) is 5.91 Å². The molecule has 1 aromatic heterocycles. The summed E-state index contributed by atoms with van der Waals surface area (Å²) in [6.07, 6.45) is 0. The van der Waals surface area contributed by atoms with Crippen molar-refractivity contribution < 1.29 is 4.79 Å². The lowest BCUT2D eigenvalue weighted by Crippen LogP contribution is -2.05. The third-order valence-electron chi connectivity index (χ3n) is 3.48. The van der Waals surface area contributed by atoms with Gasteiger partial charge in [0.1, 0.15) is 0 Å². The Labute approximate surface area is 119 Å². The SMILES string of the molecule is O=C1c2cc(Cl)c(Cl)cc2-c2cc3ccccc3n21. The molecule has 0 fully saturated rings. The summed E-state index contributed by atoms with van der Waals surface area (Å²) in [5.41, 5.74) is 3.23. The molecule has 0 saturated heterocycles. The van der Waals surface area contributed by atoms with Crippen molar-refractivity contribution in [3.05, 3.63) is 58.1 Å². The largest absolute Gasteiger partial charge is 0.276 e. The second-order valence-electron chi connectivity index (χ2n) is 4.54. The summed E-state index contributed by atoms with van der Waals surface area (Å²) >= 11 is 12.0. The number of rotatable bonds is 0. The quantitative estimate of drug-likeness (QED) is 0.463. The average Bonchev–Trinajstić information content (AvgIpc) is 2.89. The van der Waals surface area contributed by atoms with Crippen LogP contribution in [0, 0.1) is 0 Å². The molecular formula is C15H7Cl2NO. The zero-order chi connectivity index (χ0) is 13.1. The number of halogens is 2. The fourth-order valence-corrected chi connectivity index (χ4v) is 2.96. The molecule has 0 amide bonds. The summed E-state index contributed by atoms with van der Waals surface area (Å²) in [5.74, 6) is -0.0511. The Morgan fingerprint density at radius 2 is 1.58 bits per heavy atom. The van der Waals surface area contributed by atoms with Gasteiger partial charge in [-0.2, -0.15) is 0 Å². The van der Waals surface area contributed by atoms with E-state index in [-0.39, 0.29) is 5.91 Å². The van der Waals surface area contributed by atoms with E-state index in [1.807, 2.05) is 30.3 Å². The molecule has 19 heavy (non-hydrogen) atoms. The van der Waals surface area contributed by atoms with Gasteiger partial charge >= 0.3 is 0 Å². The van der Waals surface area contributed by atoms with Gasteiger partial charge in [0, 0.05) is 10.9 Å². The smallest absolute Gasteiger partial charge is 0.263 e. The predicted octanol–water partition coefficient (Wildman–Crippen LogP) is 4.62. The first-order valence-corrected chi connectivity index (χ1v) is 6.57. The Hall–Kier alpha value is -1.77.